The van der Waals surface area contributed by atoms with Crippen molar-refractivity contribution in [2.45, 2.75) is 0 Å². The number of fused-ring (bicyclic) bond motifs is 3. The molecule has 3 aromatic rings. The van der Waals surface area contributed by atoms with Gasteiger partial charge in [0.05, 0.1) is 32.2 Å². The fourth-order valence-electron chi connectivity index (χ4n) is 2.60. The second-order valence-electron chi connectivity index (χ2n) is 4.82. The van der Waals surface area contributed by atoms with Gasteiger partial charge in [0, 0.05) is 0 Å². The zero-order valence-corrected chi connectivity index (χ0v) is 13.9. The molecule has 0 spiro atoms. The molecule has 0 saturated heterocycles. The standard InChI is InChI=1S/C16H13ClN2O5/c1-22-14-8-6-4-5-7-9(8)19-12(17)10(15(20)23-2)11(13(19)18-14)16(21)24-3/h4-7H,1-3H3. The number of hydrogen-bond donors (Lipinski definition) is 0. The van der Waals surface area contributed by atoms with Crippen LogP contribution < -0.4 is 4.74 Å². The molecule has 3 rings (SSSR count). The first-order chi connectivity index (χ1) is 11.5. The molecule has 0 aliphatic heterocycles. The molecule has 0 aliphatic rings. The Morgan fingerprint density at radius 2 is 1.67 bits per heavy atom. The van der Waals surface area contributed by atoms with Gasteiger partial charge in [0.2, 0.25) is 5.88 Å². The first-order valence-electron chi connectivity index (χ1n) is 6.88. The van der Waals surface area contributed by atoms with E-state index in [0.717, 1.165) is 0 Å². The Labute approximate surface area is 141 Å². The summed E-state index contributed by atoms with van der Waals surface area (Å²) in [5, 5.41) is 0.695. The molecule has 24 heavy (non-hydrogen) atoms. The molecule has 8 heteroatoms. The summed E-state index contributed by atoms with van der Waals surface area (Å²) in [7, 11) is 3.88. The maximum absolute atomic E-state index is 12.2. The van der Waals surface area contributed by atoms with E-state index in [2.05, 4.69) is 4.98 Å². The summed E-state index contributed by atoms with van der Waals surface area (Å²) < 4.78 is 16.3. The molecule has 7 nitrogen and oxygen atoms in total. The largest absolute Gasteiger partial charge is 0.480 e. The molecule has 0 aliphatic carbocycles. The highest BCUT2D eigenvalue weighted by molar-refractivity contribution is 6.35. The molecule has 1 aromatic carbocycles. The minimum atomic E-state index is -0.756. The number of esters is 2. The van der Waals surface area contributed by atoms with E-state index in [1.807, 2.05) is 6.07 Å². The van der Waals surface area contributed by atoms with Gasteiger partial charge in [0.15, 0.2) is 5.65 Å². The third-order valence-electron chi connectivity index (χ3n) is 3.64. The van der Waals surface area contributed by atoms with Gasteiger partial charge in [0.25, 0.3) is 0 Å². The van der Waals surface area contributed by atoms with Gasteiger partial charge >= 0.3 is 11.9 Å². The Bertz CT molecular complexity index is 980. The van der Waals surface area contributed by atoms with Gasteiger partial charge < -0.3 is 14.2 Å². The third kappa shape index (κ3) is 2.16. The summed E-state index contributed by atoms with van der Waals surface area (Å²) in [6.07, 6.45) is 0. The van der Waals surface area contributed by atoms with Crippen molar-refractivity contribution in [1.82, 2.24) is 9.38 Å². The van der Waals surface area contributed by atoms with Crippen molar-refractivity contribution in [3.63, 3.8) is 0 Å². The van der Waals surface area contributed by atoms with Crippen LogP contribution in [-0.2, 0) is 9.47 Å². The van der Waals surface area contributed by atoms with Gasteiger partial charge in [0.1, 0.15) is 16.3 Å². The molecule has 124 valence electrons. The number of ether oxygens (including phenoxy) is 3. The summed E-state index contributed by atoms with van der Waals surface area (Å²) in [6, 6.07) is 7.19. The lowest BCUT2D eigenvalue weighted by Crippen LogP contribution is -2.10. The van der Waals surface area contributed by atoms with Crippen molar-refractivity contribution in [3.8, 4) is 5.88 Å². The fraction of sp³-hybridized carbons (Fsp3) is 0.188. The van der Waals surface area contributed by atoms with Gasteiger partial charge in [-0.05, 0) is 12.1 Å². The van der Waals surface area contributed by atoms with Crippen molar-refractivity contribution in [2.24, 2.45) is 0 Å². The maximum Gasteiger partial charge on any atom is 0.342 e. The highest BCUT2D eigenvalue weighted by atomic mass is 35.5. The Kier molecular flexibility index (Phi) is 4.02. The lowest BCUT2D eigenvalue weighted by atomic mass is 10.2. The SMILES string of the molecule is COC(=O)c1c(C(=O)OC)c2nc(OC)c3ccccc3n2c1Cl. The molecular formula is C16H13ClN2O5. The van der Waals surface area contributed by atoms with E-state index in [-0.39, 0.29) is 21.9 Å². The highest BCUT2D eigenvalue weighted by Crippen LogP contribution is 2.34. The number of carbonyl (C=O) groups is 2. The number of carbonyl (C=O) groups excluding carboxylic acids is 2. The van der Waals surface area contributed by atoms with Crippen molar-refractivity contribution in [3.05, 3.63) is 40.5 Å². The van der Waals surface area contributed by atoms with Crippen molar-refractivity contribution >= 4 is 40.1 Å². The summed E-state index contributed by atoms with van der Waals surface area (Å²) in [6.45, 7) is 0. The number of rotatable bonds is 3. The average Bonchev–Trinajstić information content (AvgIpc) is 2.92. The summed E-state index contributed by atoms with van der Waals surface area (Å²) in [5.41, 5.74) is 0.614. The van der Waals surface area contributed by atoms with Crippen LogP contribution in [0.15, 0.2) is 24.3 Å². The fourth-order valence-corrected chi connectivity index (χ4v) is 2.95. The van der Waals surface area contributed by atoms with Gasteiger partial charge in [-0.2, -0.15) is 4.98 Å². The van der Waals surface area contributed by atoms with Crippen molar-refractivity contribution < 1.29 is 23.8 Å². The smallest absolute Gasteiger partial charge is 0.342 e. The van der Waals surface area contributed by atoms with Crippen molar-refractivity contribution in [2.75, 3.05) is 21.3 Å². The Morgan fingerprint density at radius 3 is 2.29 bits per heavy atom. The number of methoxy groups -OCH3 is 3. The summed E-state index contributed by atoms with van der Waals surface area (Å²) >= 11 is 6.39. The van der Waals surface area contributed by atoms with Crippen LogP contribution in [0.25, 0.3) is 16.6 Å². The molecule has 0 bridgehead atoms. The monoisotopic (exact) mass is 348 g/mol. The van der Waals surface area contributed by atoms with E-state index >= 15 is 0 Å². The zero-order chi connectivity index (χ0) is 17.4. The second kappa shape index (κ2) is 6.01. The molecular weight excluding hydrogens is 336 g/mol. The predicted octanol–water partition coefficient (Wildman–Crippen LogP) is 2.72. The van der Waals surface area contributed by atoms with E-state index < -0.39 is 11.9 Å². The quantitative estimate of drug-likeness (QED) is 0.677. The first-order valence-corrected chi connectivity index (χ1v) is 7.26. The first kappa shape index (κ1) is 16.1. The topological polar surface area (TPSA) is 79.1 Å². The molecule has 0 atom stereocenters. The molecule has 0 saturated carbocycles. The van der Waals surface area contributed by atoms with Crippen molar-refractivity contribution in [1.29, 1.82) is 0 Å². The van der Waals surface area contributed by atoms with Gasteiger partial charge in [-0.25, -0.2) is 9.59 Å². The number of hydrogen-bond acceptors (Lipinski definition) is 6. The van der Waals surface area contributed by atoms with Crippen LogP contribution in [0.5, 0.6) is 5.88 Å². The highest BCUT2D eigenvalue weighted by Gasteiger charge is 2.31. The minimum absolute atomic E-state index is 0.0172. The molecule has 0 N–H and O–H groups in total. The number of para-hydroxylation sites is 1. The molecule has 2 aromatic heterocycles. The van der Waals surface area contributed by atoms with E-state index in [1.165, 1.54) is 25.7 Å². The lowest BCUT2D eigenvalue weighted by Gasteiger charge is -2.08. The maximum atomic E-state index is 12.2. The van der Waals surface area contributed by atoms with Crippen LogP contribution in [0.2, 0.25) is 5.15 Å². The van der Waals surface area contributed by atoms with Crippen LogP contribution in [-0.4, -0.2) is 42.7 Å². The van der Waals surface area contributed by atoms with E-state index in [4.69, 9.17) is 25.8 Å². The van der Waals surface area contributed by atoms with Crippen LogP contribution in [0.4, 0.5) is 0 Å². The molecule has 0 amide bonds. The molecule has 2 heterocycles. The Morgan fingerprint density at radius 1 is 1.04 bits per heavy atom. The second-order valence-corrected chi connectivity index (χ2v) is 5.18. The van der Waals surface area contributed by atoms with E-state index in [1.54, 1.807) is 18.2 Å². The van der Waals surface area contributed by atoms with Gasteiger partial charge in [-0.15, -0.1) is 0 Å². The number of halogens is 1. The molecule has 0 fully saturated rings. The van der Waals surface area contributed by atoms with E-state index in [9.17, 15) is 9.59 Å². The van der Waals surface area contributed by atoms with Crippen LogP contribution in [0.3, 0.4) is 0 Å². The van der Waals surface area contributed by atoms with Gasteiger partial charge in [-0.1, -0.05) is 23.7 Å². The van der Waals surface area contributed by atoms with Crippen LogP contribution >= 0.6 is 11.6 Å². The average molecular weight is 349 g/mol. The minimum Gasteiger partial charge on any atom is -0.480 e. The summed E-state index contributed by atoms with van der Waals surface area (Å²) in [5.74, 6) is -1.20. The van der Waals surface area contributed by atoms with Crippen LogP contribution in [0, 0.1) is 0 Å². The zero-order valence-electron chi connectivity index (χ0n) is 13.1. The number of nitrogens with zero attached hydrogens (tertiary/aromatic N) is 2. The lowest BCUT2D eigenvalue weighted by molar-refractivity contribution is 0.0558. The number of benzene rings is 1. The normalized spacial score (nSPS) is 10.8. The third-order valence-corrected chi connectivity index (χ3v) is 4.00. The Balaban J connectivity index is 2.58. The predicted molar refractivity (Wildman–Crippen MR) is 86.9 cm³/mol. The van der Waals surface area contributed by atoms with Gasteiger partial charge in [-0.3, -0.25) is 4.40 Å². The molecule has 0 unspecified atom stereocenters. The van der Waals surface area contributed by atoms with E-state index in [0.29, 0.717) is 16.8 Å². The summed E-state index contributed by atoms with van der Waals surface area (Å²) in [4.78, 5) is 28.7. The number of aromatic nitrogens is 2. The molecule has 0 radical (unpaired) electrons. The Hall–Kier alpha value is -2.80. The van der Waals surface area contributed by atoms with Crippen LogP contribution in [0.1, 0.15) is 20.7 Å².